The Kier molecular flexibility index (Phi) is 4.55. The molecule has 0 amide bonds. The highest BCUT2D eigenvalue weighted by Gasteiger charge is 2.17. The third-order valence-corrected chi connectivity index (χ3v) is 4.99. The molecular formula is C22H25N3. The van der Waals surface area contributed by atoms with Crippen molar-refractivity contribution in [3.8, 4) is 0 Å². The number of nitrogens with one attached hydrogen (secondary N) is 1. The molecule has 0 spiro atoms. The molecule has 4 rings (SSSR count). The van der Waals surface area contributed by atoms with E-state index < -0.39 is 0 Å². The fourth-order valence-corrected chi connectivity index (χ4v) is 3.60. The third-order valence-electron chi connectivity index (χ3n) is 4.99. The van der Waals surface area contributed by atoms with Crippen LogP contribution in [0.1, 0.15) is 48.9 Å². The maximum Gasteiger partial charge on any atom is 0.139 e. The van der Waals surface area contributed by atoms with Gasteiger partial charge in [0.1, 0.15) is 17.2 Å². The molecule has 1 fully saturated rings. The van der Waals surface area contributed by atoms with Crippen molar-refractivity contribution < 1.29 is 0 Å². The van der Waals surface area contributed by atoms with E-state index in [1.165, 1.54) is 43.2 Å². The summed E-state index contributed by atoms with van der Waals surface area (Å²) in [5.74, 6) is 1.12. The lowest BCUT2D eigenvalue weighted by Gasteiger charge is -2.23. The number of fused-ring (bicyclic) bond motifs is 1. The van der Waals surface area contributed by atoms with Gasteiger partial charge in [0.15, 0.2) is 0 Å². The Morgan fingerprint density at radius 1 is 1.04 bits per heavy atom. The van der Waals surface area contributed by atoms with Crippen molar-refractivity contribution in [2.45, 2.75) is 45.1 Å². The number of nitrogens with zero attached hydrogens (tertiary/aromatic N) is 2. The van der Waals surface area contributed by atoms with Gasteiger partial charge in [-0.3, -0.25) is 4.40 Å². The van der Waals surface area contributed by atoms with Crippen LogP contribution in [0.2, 0.25) is 0 Å². The van der Waals surface area contributed by atoms with Gasteiger partial charge in [-0.15, -0.1) is 0 Å². The summed E-state index contributed by atoms with van der Waals surface area (Å²) in [4.78, 5) is 4.87. The molecule has 3 nitrogen and oxygen atoms in total. The number of hydrogen-bond donors (Lipinski definition) is 1. The van der Waals surface area contributed by atoms with E-state index >= 15 is 0 Å². The molecule has 25 heavy (non-hydrogen) atoms. The highest BCUT2D eigenvalue weighted by atomic mass is 15.1. The predicted octanol–water partition coefficient (Wildman–Crippen LogP) is 5.56. The molecule has 1 N–H and O–H groups in total. The van der Waals surface area contributed by atoms with Gasteiger partial charge in [0.05, 0.1) is 0 Å². The molecular weight excluding hydrogens is 306 g/mol. The van der Waals surface area contributed by atoms with Gasteiger partial charge in [0, 0.05) is 12.2 Å². The molecule has 3 heteroatoms. The van der Waals surface area contributed by atoms with Crippen LogP contribution >= 0.6 is 0 Å². The number of imidazole rings is 1. The van der Waals surface area contributed by atoms with Crippen LogP contribution < -0.4 is 5.32 Å². The minimum atomic E-state index is 0.554. The lowest BCUT2D eigenvalue weighted by atomic mass is 9.95. The van der Waals surface area contributed by atoms with Crippen LogP contribution in [0.3, 0.4) is 0 Å². The van der Waals surface area contributed by atoms with E-state index in [0.717, 1.165) is 17.2 Å². The van der Waals surface area contributed by atoms with E-state index in [1.807, 2.05) is 6.07 Å². The first-order valence-electron chi connectivity index (χ1n) is 9.28. The smallest absolute Gasteiger partial charge is 0.139 e. The van der Waals surface area contributed by atoms with Gasteiger partial charge in [0.25, 0.3) is 0 Å². The molecule has 0 bridgehead atoms. The molecule has 1 aliphatic carbocycles. The number of aryl methyl sites for hydroxylation is 1. The van der Waals surface area contributed by atoms with E-state index in [1.54, 1.807) is 0 Å². The average Bonchev–Trinajstić information content (AvgIpc) is 2.98. The molecule has 2 aromatic heterocycles. The SMILES string of the molecule is Cc1ccn2c(NC3CCCCC3)c(C=Cc3ccccc3)nc2c1. The van der Waals surface area contributed by atoms with Gasteiger partial charge < -0.3 is 5.32 Å². The monoisotopic (exact) mass is 331 g/mol. The lowest BCUT2D eigenvalue weighted by molar-refractivity contribution is 0.461. The zero-order chi connectivity index (χ0) is 17.1. The van der Waals surface area contributed by atoms with Crippen LogP contribution in [0.25, 0.3) is 17.8 Å². The zero-order valence-corrected chi connectivity index (χ0v) is 14.8. The van der Waals surface area contributed by atoms with Gasteiger partial charge in [-0.2, -0.15) is 0 Å². The summed E-state index contributed by atoms with van der Waals surface area (Å²) in [6, 6.07) is 15.2. The van der Waals surface area contributed by atoms with Crippen molar-refractivity contribution in [2.75, 3.05) is 5.32 Å². The molecule has 3 aromatic rings. The second-order valence-corrected chi connectivity index (χ2v) is 7.00. The van der Waals surface area contributed by atoms with E-state index in [9.17, 15) is 0 Å². The Morgan fingerprint density at radius 2 is 1.84 bits per heavy atom. The van der Waals surface area contributed by atoms with Crippen molar-refractivity contribution in [3.63, 3.8) is 0 Å². The van der Waals surface area contributed by atoms with Crippen molar-refractivity contribution >= 4 is 23.6 Å². The second-order valence-electron chi connectivity index (χ2n) is 7.00. The Bertz CT molecular complexity index is 871. The van der Waals surface area contributed by atoms with Crippen LogP contribution in [0.15, 0.2) is 48.7 Å². The van der Waals surface area contributed by atoms with Crippen molar-refractivity contribution in [2.24, 2.45) is 0 Å². The summed E-state index contributed by atoms with van der Waals surface area (Å²) < 4.78 is 2.19. The number of benzene rings is 1. The first kappa shape index (κ1) is 15.9. The van der Waals surface area contributed by atoms with Crippen LogP contribution in [0.5, 0.6) is 0 Å². The van der Waals surface area contributed by atoms with Gasteiger partial charge in [-0.1, -0.05) is 55.7 Å². The molecule has 1 aromatic carbocycles. The minimum absolute atomic E-state index is 0.554. The summed E-state index contributed by atoms with van der Waals surface area (Å²) >= 11 is 0. The number of anilines is 1. The van der Waals surface area contributed by atoms with Crippen molar-refractivity contribution in [1.29, 1.82) is 0 Å². The second kappa shape index (κ2) is 7.14. The molecule has 0 unspecified atom stereocenters. The predicted molar refractivity (Wildman–Crippen MR) is 106 cm³/mol. The Balaban J connectivity index is 1.70. The van der Waals surface area contributed by atoms with Crippen LogP contribution in [-0.2, 0) is 0 Å². The van der Waals surface area contributed by atoms with Crippen molar-refractivity contribution in [1.82, 2.24) is 9.38 Å². The first-order valence-corrected chi connectivity index (χ1v) is 9.28. The van der Waals surface area contributed by atoms with Gasteiger partial charge in [-0.25, -0.2) is 4.98 Å². The summed E-state index contributed by atoms with van der Waals surface area (Å²) in [5, 5.41) is 3.78. The number of rotatable bonds is 4. The van der Waals surface area contributed by atoms with Crippen LogP contribution in [0, 0.1) is 6.92 Å². The minimum Gasteiger partial charge on any atom is -0.367 e. The maximum atomic E-state index is 4.87. The van der Waals surface area contributed by atoms with Gasteiger partial charge >= 0.3 is 0 Å². The normalized spacial score (nSPS) is 15.9. The topological polar surface area (TPSA) is 29.3 Å². The van der Waals surface area contributed by atoms with Crippen LogP contribution in [-0.4, -0.2) is 15.4 Å². The third kappa shape index (κ3) is 3.60. The fraction of sp³-hybridized carbons (Fsp3) is 0.318. The van der Waals surface area contributed by atoms with Gasteiger partial charge in [0.2, 0.25) is 0 Å². The van der Waals surface area contributed by atoms with E-state index in [0.29, 0.717) is 6.04 Å². The van der Waals surface area contributed by atoms with Crippen LogP contribution in [0.4, 0.5) is 5.82 Å². The largest absolute Gasteiger partial charge is 0.367 e. The summed E-state index contributed by atoms with van der Waals surface area (Å²) in [7, 11) is 0. The molecule has 0 aliphatic heterocycles. The Hall–Kier alpha value is -2.55. The van der Waals surface area contributed by atoms with E-state index in [2.05, 4.69) is 71.4 Å². The van der Waals surface area contributed by atoms with Crippen molar-refractivity contribution in [3.05, 3.63) is 65.5 Å². The standard InChI is InChI=1S/C22H25N3/c1-17-14-15-25-21(16-17)24-20(13-12-18-8-4-2-5-9-18)22(25)23-19-10-6-3-7-11-19/h2,4-5,8-9,12-16,19,23H,3,6-7,10-11H2,1H3. The molecule has 0 atom stereocenters. The molecule has 0 radical (unpaired) electrons. The summed E-state index contributed by atoms with van der Waals surface area (Å²) in [6.45, 7) is 2.11. The maximum absolute atomic E-state index is 4.87. The highest BCUT2D eigenvalue weighted by Crippen LogP contribution is 2.26. The molecule has 1 saturated carbocycles. The molecule has 2 heterocycles. The average molecular weight is 331 g/mol. The van der Waals surface area contributed by atoms with E-state index in [-0.39, 0.29) is 0 Å². The van der Waals surface area contributed by atoms with Gasteiger partial charge in [-0.05, 0) is 49.1 Å². The first-order chi connectivity index (χ1) is 12.3. The summed E-state index contributed by atoms with van der Waals surface area (Å²) in [6.07, 6.45) is 12.9. The number of pyridine rings is 1. The molecule has 128 valence electrons. The Morgan fingerprint density at radius 3 is 2.64 bits per heavy atom. The zero-order valence-electron chi connectivity index (χ0n) is 14.8. The molecule has 1 aliphatic rings. The lowest BCUT2D eigenvalue weighted by Crippen LogP contribution is -2.23. The molecule has 0 saturated heterocycles. The summed E-state index contributed by atoms with van der Waals surface area (Å²) in [5.41, 5.74) is 4.45. The quantitative estimate of drug-likeness (QED) is 0.678. The fourth-order valence-electron chi connectivity index (χ4n) is 3.60. The number of hydrogen-bond acceptors (Lipinski definition) is 2. The highest BCUT2D eigenvalue weighted by molar-refractivity contribution is 5.76. The van der Waals surface area contributed by atoms with E-state index in [4.69, 9.17) is 4.98 Å². The Labute approximate surface area is 149 Å². The number of aromatic nitrogens is 2.